The van der Waals surface area contributed by atoms with Crippen molar-refractivity contribution >= 4 is 11.7 Å². The lowest BCUT2D eigenvalue weighted by Crippen LogP contribution is -2.35. The van der Waals surface area contributed by atoms with Crippen molar-refractivity contribution in [1.29, 1.82) is 0 Å². The summed E-state index contributed by atoms with van der Waals surface area (Å²) in [5, 5.41) is 7.37. The summed E-state index contributed by atoms with van der Waals surface area (Å²) >= 11 is 0. The van der Waals surface area contributed by atoms with Gasteiger partial charge in [-0.05, 0) is 30.5 Å². The zero-order valence-electron chi connectivity index (χ0n) is 15.6. The van der Waals surface area contributed by atoms with Gasteiger partial charge in [0.15, 0.2) is 5.78 Å². The topological polar surface area (TPSA) is 64.0 Å². The first-order valence-corrected chi connectivity index (χ1v) is 9.50. The molecule has 0 radical (unpaired) electrons. The molecule has 3 rings (SSSR count). The lowest BCUT2D eigenvalue weighted by atomic mass is 9.96. The molecule has 2 aromatic rings. The Morgan fingerprint density at radius 1 is 1.04 bits per heavy atom. The highest BCUT2D eigenvalue weighted by atomic mass is 16.1. The van der Waals surface area contributed by atoms with Crippen molar-refractivity contribution in [2.24, 2.45) is 7.05 Å². The number of carbonyl (C=O) groups is 2. The van der Waals surface area contributed by atoms with Gasteiger partial charge < -0.3 is 5.32 Å². The Morgan fingerprint density at radius 2 is 1.65 bits per heavy atom. The second kappa shape index (κ2) is 8.30. The zero-order valence-corrected chi connectivity index (χ0v) is 15.6. The average molecular weight is 353 g/mol. The minimum atomic E-state index is -0.0221. The predicted octanol–water partition coefficient (Wildman–Crippen LogP) is 4.13. The fourth-order valence-corrected chi connectivity index (χ4v) is 3.74. The number of hydrogen-bond donors (Lipinski definition) is 1. The summed E-state index contributed by atoms with van der Waals surface area (Å²) in [5.74, 6) is -0.0359. The molecular weight excluding hydrogens is 326 g/mol. The number of rotatable bonds is 4. The number of nitrogens with one attached hydrogen (secondary N) is 1. The summed E-state index contributed by atoms with van der Waals surface area (Å²) < 4.78 is 1.59. The number of nitrogens with zero attached hydrogens (tertiary/aromatic N) is 2. The van der Waals surface area contributed by atoms with Crippen LogP contribution in [0.4, 0.5) is 0 Å². The Kier molecular flexibility index (Phi) is 5.86. The molecule has 0 bridgehead atoms. The van der Waals surface area contributed by atoms with Crippen LogP contribution in [-0.4, -0.2) is 27.5 Å². The number of Topliss-reactive ketones (excluding diaryl/α,β-unsaturated/α-hetero) is 1. The van der Waals surface area contributed by atoms with Crippen molar-refractivity contribution in [3.63, 3.8) is 0 Å². The van der Waals surface area contributed by atoms with Crippen LogP contribution in [0.2, 0.25) is 0 Å². The molecule has 1 heterocycles. The summed E-state index contributed by atoms with van der Waals surface area (Å²) in [7, 11) is 1.76. The predicted molar refractivity (Wildman–Crippen MR) is 102 cm³/mol. The van der Waals surface area contributed by atoms with Crippen molar-refractivity contribution in [3.8, 4) is 11.1 Å². The number of amides is 1. The minimum absolute atomic E-state index is 0.0138. The largest absolute Gasteiger partial charge is 0.349 e. The van der Waals surface area contributed by atoms with Crippen molar-refractivity contribution in [1.82, 2.24) is 15.1 Å². The Hall–Kier alpha value is -2.43. The highest BCUT2D eigenvalue weighted by Crippen LogP contribution is 2.24. The molecule has 1 fully saturated rings. The molecular formula is C21H27N3O2. The fraction of sp³-hybridized carbons (Fsp3) is 0.476. The van der Waals surface area contributed by atoms with Crippen molar-refractivity contribution in [2.45, 2.75) is 57.9 Å². The Bertz CT molecular complexity index is 769. The van der Waals surface area contributed by atoms with Gasteiger partial charge in [0.2, 0.25) is 0 Å². The highest BCUT2D eigenvalue weighted by Gasteiger charge is 2.17. The molecule has 0 spiro atoms. The van der Waals surface area contributed by atoms with E-state index in [1.165, 1.54) is 39.0 Å². The van der Waals surface area contributed by atoms with Gasteiger partial charge in [-0.3, -0.25) is 14.3 Å². The van der Waals surface area contributed by atoms with Gasteiger partial charge >= 0.3 is 0 Å². The van der Waals surface area contributed by atoms with E-state index in [-0.39, 0.29) is 17.7 Å². The zero-order chi connectivity index (χ0) is 18.5. The van der Waals surface area contributed by atoms with Gasteiger partial charge in [0.1, 0.15) is 5.69 Å². The minimum Gasteiger partial charge on any atom is -0.349 e. The Morgan fingerprint density at radius 3 is 2.27 bits per heavy atom. The van der Waals surface area contributed by atoms with Crippen LogP contribution in [0.1, 0.15) is 72.7 Å². The number of ketones is 1. The molecule has 1 aliphatic rings. The molecule has 1 aromatic heterocycles. The van der Waals surface area contributed by atoms with E-state index in [9.17, 15) is 9.59 Å². The molecule has 1 saturated carbocycles. The van der Waals surface area contributed by atoms with E-state index < -0.39 is 0 Å². The molecule has 5 heteroatoms. The molecule has 1 amide bonds. The Labute approximate surface area is 154 Å². The van der Waals surface area contributed by atoms with E-state index in [2.05, 4.69) is 10.4 Å². The third-order valence-corrected chi connectivity index (χ3v) is 5.17. The second-order valence-corrected chi connectivity index (χ2v) is 7.18. The molecule has 0 unspecified atom stereocenters. The molecule has 138 valence electrons. The highest BCUT2D eigenvalue weighted by molar-refractivity contribution is 5.99. The van der Waals surface area contributed by atoms with Crippen LogP contribution in [-0.2, 0) is 7.05 Å². The molecule has 0 saturated heterocycles. The van der Waals surface area contributed by atoms with Crippen LogP contribution in [0.25, 0.3) is 11.1 Å². The molecule has 1 aliphatic carbocycles. The number of carbonyl (C=O) groups excluding carboxylic acids is 2. The van der Waals surface area contributed by atoms with Gasteiger partial charge in [-0.25, -0.2) is 0 Å². The third kappa shape index (κ3) is 4.21. The monoisotopic (exact) mass is 353 g/mol. The van der Waals surface area contributed by atoms with Crippen molar-refractivity contribution in [3.05, 3.63) is 41.7 Å². The number of hydrogen-bond acceptors (Lipinski definition) is 3. The average Bonchev–Trinajstić information content (AvgIpc) is 2.99. The van der Waals surface area contributed by atoms with Crippen molar-refractivity contribution < 1.29 is 9.59 Å². The van der Waals surface area contributed by atoms with Crippen LogP contribution >= 0.6 is 0 Å². The van der Waals surface area contributed by atoms with Gasteiger partial charge in [0, 0.05) is 31.1 Å². The van der Waals surface area contributed by atoms with Crippen LogP contribution in [0.3, 0.4) is 0 Å². The Balaban J connectivity index is 1.71. The lowest BCUT2D eigenvalue weighted by molar-refractivity contribution is 0.0929. The van der Waals surface area contributed by atoms with Gasteiger partial charge in [-0.2, -0.15) is 5.10 Å². The molecule has 0 aliphatic heterocycles. The smallest absolute Gasteiger partial charge is 0.251 e. The van der Waals surface area contributed by atoms with E-state index in [1.54, 1.807) is 17.9 Å². The number of aryl methyl sites for hydroxylation is 1. The van der Waals surface area contributed by atoms with Gasteiger partial charge in [0.05, 0.1) is 6.20 Å². The standard InChI is InChI=1S/C21H27N3O2/c1-15(25)20-19(14-22-24(20)2)16-10-12-17(13-11-16)21(26)23-18-8-6-4-3-5-7-9-18/h10-14,18H,3-9H2,1-2H3,(H,23,26). The van der Waals surface area contributed by atoms with Gasteiger partial charge in [-0.1, -0.05) is 44.2 Å². The van der Waals surface area contributed by atoms with Gasteiger partial charge in [0.25, 0.3) is 5.91 Å². The van der Waals surface area contributed by atoms with E-state index in [1.807, 2.05) is 24.3 Å². The van der Waals surface area contributed by atoms with E-state index >= 15 is 0 Å². The van der Waals surface area contributed by atoms with Crippen LogP contribution in [0, 0.1) is 0 Å². The van der Waals surface area contributed by atoms with Crippen molar-refractivity contribution in [2.75, 3.05) is 0 Å². The summed E-state index contributed by atoms with van der Waals surface area (Å²) in [6.45, 7) is 1.54. The summed E-state index contributed by atoms with van der Waals surface area (Å²) in [4.78, 5) is 24.4. The first-order chi connectivity index (χ1) is 12.6. The van der Waals surface area contributed by atoms with E-state index in [4.69, 9.17) is 0 Å². The first-order valence-electron chi connectivity index (χ1n) is 9.50. The number of aromatic nitrogens is 2. The molecule has 5 nitrogen and oxygen atoms in total. The molecule has 1 aromatic carbocycles. The third-order valence-electron chi connectivity index (χ3n) is 5.17. The van der Waals surface area contributed by atoms with Crippen LogP contribution in [0.15, 0.2) is 30.5 Å². The normalized spacial score (nSPS) is 15.9. The summed E-state index contributed by atoms with van der Waals surface area (Å²) in [6.07, 6.45) is 10.1. The van der Waals surface area contributed by atoms with Crippen LogP contribution in [0.5, 0.6) is 0 Å². The maximum atomic E-state index is 12.6. The van der Waals surface area contributed by atoms with E-state index in [0.717, 1.165) is 24.0 Å². The lowest BCUT2D eigenvalue weighted by Gasteiger charge is -2.21. The summed E-state index contributed by atoms with van der Waals surface area (Å²) in [5.41, 5.74) is 2.93. The summed E-state index contributed by atoms with van der Waals surface area (Å²) in [6, 6.07) is 7.70. The fourth-order valence-electron chi connectivity index (χ4n) is 3.74. The molecule has 26 heavy (non-hydrogen) atoms. The maximum absolute atomic E-state index is 12.6. The number of benzene rings is 1. The second-order valence-electron chi connectivity index (χ2n) is 7.18. The van der Waals surface area contributed by atoms with Crippen LogP contribution < -0.4 is 5.32 Å². The SMILES string of the molecule is CC(=O)c1c(-c2ccc(C(=O)NC3CCCCCCC3)cc2)cnn1C. The first kappa shape index (κ1) is 18.4. The maximum Gasteiger partial charge on any atom is 0.251 e. The van der Waals surface area contributed by atoms with E-state index in [0.29, 0.717) is 11.3 Å². The molecule has 1 N–H and O–H groups in total. The van der Waals surface area contributed by atoms with Gasteiger partial charge in [-0.15, -0.1) is 0 Å². The quantitative estimate of drug-likeness (QED) is 0.841. The molecule has 0 atom stereocenters.